The van der Waals surface area contributed by atoms with Crippen molar-refractivity contribution in [3.05, 3.63) is 53.3 Å². The van der Waals surface area contributed by atoms with Crippen molar-refractivity contribution in [3.63, 3.8) is 0 Å². The van der Waals surface area contributed by atoms with E-state index in [9.17, 15) is 4.79 Å². The van der Waals surface area contributed by atoms with Crippen molar-refractivity contribution >= 4 is 22.9 Å². The Kier molecular flexibility index (Phi) is 3.03. The van der Waals surface area contributed by atoms with Gasteiger partial charge in [0.1, 0.15) is 5.01 Å². The molecule has 0 bridgehead atoms. The summed E-state index contributed by atoms with van der Waals surface area (Å²) in [5, 5.41) is 2.97. The van der Waals surface area contributed by atoms with E-state index >= 15 is 0 Å². The van der Waals surface area contributed by atoms with Crippen molar-refractivity contribution in [1.82, 2.24) is 9.97 Å². The Labute approximate surface area is 143 Å². The van der Waals surface area contributed by atoms with Gasteiger partial charge in [0.2, 0.25) is 5.91 Å². The lowest BCUT2D eigenvalue weighted by Crippen LogP contribution is -2.32. The number of anilines is 1. The molecule has 0 saturated carbocycles. The number of thiazole rings is 1. The van der Waals surface area contributed by atoms with Crippen LogP contribution in [0.5, 0.6) is 0 Å². The summed E-state index contributed by atoms with van der Waals surface area (Å²) in [7, 11) is 0. The molecule has 1 aromatic carbocycles. The summed E-state index contributed by atoms with van der Waals surface area (Å²) in [5.74, 6) is 0.265. The smallest absolute Gasteiger partial charge is 0.227 e. The molecule has 0 saturated heterocycles. The van der Waals surface area contributed by atoms with Crippen LogP contribution in [0.25, 0.3) is 21.7 Å². The van der Waals surface area contributed by atoms with Crippen molar-refractivity contribution < 1.29 is 4.79 Å². The Morgan fingerprint density at radius 2 is 1.79 bits per heavy atom. The van der Waals surface area contributed by atoms with Gasteiger partial charge in [0.25, 0.3) is 0 Å². The zero-order valence-electron chi connectivity index (χ0n) is 13.0. The zero-order chi connectivity index (χ0) is 16.1. The van der Waals surface area contributed by atoms with Crippen LogP contribution in [0.3, 0.4) is 0 Å². The number of amides is 1. The lowest BCUT2D eigenvalue weighted by molar-refractivity contribution is -0.118. The number of pyridine rings is 1. The highest BCUT2D eigenvalue weighted by atomic mass is 32.1. The number of aromatic nitrogens is 2. The van der Waals surface area contributed by atoms with Crippen LogP contribution in [-0.4, -0.2) is 22.4 Å². The molecule has 24 heavy (non-hydrogen) atoms. The fourth-order valence-electron chi connectivity index (χ4n) is 3.71. The lowest BCUT2D eigenvalue weighted by atomic mass is 9.94. The zero-order valence-corrected chi connectivity index (χ0v) is 13.8. The highest BCUT2D eigenvalue weighted by molar-refractivity contribution is 7.13. The van der Waals surface area contributed by atoms with E-state index in [4.69, 9.17) is 0 Å². The highest BCUT2D eigenvalue weighted by Gasteiger charge is 2.31. The van der Waals surface area contributed by atoms with Gasteiger partial charge in [-0.3, -0.25) is 9.78 Å². The average molecular weight is 333 g/mol. The third-order valence-electron chi connectivity index (χ3n) is 4.80. The van der Waals surface area contributed by atoms with Crippen LogP contribution in [0.1, 0.15) is 17.5 Å². The van der Waals surface area contributed by atoms with Gasteiger partial charge in [-0.25, -0.2) is 4.98 Å². The largest absolute Gasteiger partial charge is 0.312 e. The summed E-state index contributed by atoms with van der Waals surface area (Å²) < 4.78 is 0. The monoisotopic (exact) mass is 333 g/mol. The molecule has 0 spiro atoms. The molecule has 5 rings (SSSR count). The Morgan fingerprint density at radius 3 is 2.62 bits per heavy atom. The first-order valence-corrected chi connectivity index (χ1v) is 8.99. The number of nitrogens with zero attached hydrogens (tertiary/aromatic N) is 3. The maximum absolute atomic E-state index is 12.1. The summed E-state index contributed by atoms with van der Waals surface area (Å²) in [6, 6.07) is 6.60. The number of aryl methyl sites for hydroxylation is 1. The normalized spacial score (nSPS) is 15.7. The number of rotatable bonds is 2. The molecule has 2 aliphatic rings. The number of carbonyl (C=O) groups excluding carboxylic acids is 1. The maximum atomic E-state index is 12.1. The van der Waals surface area contributed by atoms with E-state index in [2.05, 4.69) is 28.2 Å². The van der Waals surface area contributed by atoms with E-state index in [1.807, 2.05) is 28.9 Å². The van der Waals surface area contributed by atoms with Crippen molar-refractivity contribution in [2.45, 2.75) is 19.3 Å². The summed E-state index contributed by atoms with van der Waals surface area (Å²) in [5.41, 5.74) is 7.09. The molecular weight excluding hydrogens is 318 g/mol. The molecule has 0 radical (unpaired) electrons. The van der Waals surface area contributed by atoms with E-state index < -0.39 is 0 Å². The van der Waals surface area contributed by atoms with E-state index in [1.54, 1.807) is 11.3 Å². The molecule has 4 heterocycles. The van der Waals surface area contributed by atoms with Gasteiger partial charge < -0.3 is 4.90 Å². The molecule has 1 amide bonds. The van der Waals surface area contributed by atoms with Crippen LogP contribution in [-0.2, 0) is 17.6 Å². The Morgan fingerprint density at radius 1 is 0.958 bits per heavy atom. The average Bonchev–Trinajstić information content (AvgIpc) is 3.29. The van der Waals surface area contributed by atoms with Crippen molar-refractivity contribution in [2.75, 3.05) is 11.4 Å². The topological polar surface area (TPSA) is 46.1 Å². The molecule has 0 fully saturated rings. The second-order valence-corrected chi connectivity index (χ2v) is 7.13. The van der Waals surface area contributed by atoms with E-state index in [0.29, 0.717) is 6.42 Å². The first-order chi connectivity index (χ1) is 11.8. The molecule has 0 atom stereocenters. The minimum Gasteiger partial charge on any atom is -0.312 e. The number of carbonyl (C=O) groups is 1. The molecule has 0 N–H and O–H groups in total. The minimum absolute atomic E-state index is 0.265. The minimum atomic E-state index is 0.265. The van der Waals surface area contributed by atoms with Crippen molar-refractivity contribution in [1.29, 1.82) is 0 Å². The van der Waals surface area contributed by atoms with E-state index in [-0.39, 0.29) is 5.91 Å². The van der Waals surface area contributed by atoms with Gasteiger partial charge in [-0.1, -0.05) is 0 Å². The Hall–Kier alpha value is -2.53. The summed E-state index contributed by atoms with van der Waals surface area (Å²) in [6.07, 6.45) is 7.99. The van der Waals surface area contributed by atoms with Gasteiger partial charge in [0.15, 0.2) is 0 Å². The number of benzene rings is 1. The van der Waals surface area contributed by atoms with Gasteiger partial charge >= 0.3 is 0 Å². The second kappa shape index (κ2) is 5.24. The van der Waals surface area contributed by atoms with E-state index in [1.165, 1.54) is 22.4 Å². The maximum Gasteiger partial charge on any atom is 0.227 e. The fourth-order valence-corrected chi connectivity index (χ4v) is 4.33. The molecule has 5 heteroatoms. The molecule has 3 aromatic rings. The van der Waals surface area contributed by atoms with Gasteiger partial charge in [-0.15, -0.1) is 11.3 Å². The Bertz CT molecular complexity index is 949. The highest BCUT2D eigenvalue weighted by Crippen LogP contribution is 2.40. The number of hydrogen-bond donors (Lipinski definition) is 0. The van der Waals surface area contributed by atoms with Gasteiger partial charge in [-0.05, 0) is 47.7 Å². The van der Waals surface area contributed by atoms with Crippen LogP contribution in [0.15, 0.2) is 42.2 Å². The second-order valence-electron chi connectivity index (χ2n) is 6.24. The number of hydrogen-bond acceptors (Lipinski definition) is 4. The standard InChI is InChI=1S/C19H15N3OS/c23-17-2-1-12-7-14(8-13-3-5-22(17)18(12)13)15-9-16(11-20-10-15)19-21-4-6-24-19/h4,6-11H,1-3,5H2. The van der Waals surface area contributed by atoms with E-state index in [0.717, 1.165) is 35.5 Å². The van der Waals surface area contributed by atoms with Crippen molar-refractivity contribution in [3.8, 4) is 21.7 Å². The van der Waals surface area contributed by atoms with Crippen LogP contribution >= 0.6 is 11.3 Å². The molecular formula is C19H15N3OS. The molecule has 2 aliphatic heterocycles. The first kappa shape index (κ1) is 13.9. The summed E-state index contributed by atoms with van der Waals surface area (Å²) in [4.78, 5) is 22.8. The quantitative estimate of drug-likeness (QED) is 0.718. The Balaban J connectivity index is 1.62. The van der Waals surface area contributed by atoms with Gasteiger partial charge in [0.05, 0.1) is 5.69 Å². The summed E-state index contributed by atoms with van der Waals surface area (Å²) >= 11 is 1.62. The van der Waals surface area contributed by atoms with Crippen LogP contribution in [0.2, 0.25) is 0 Å². The molecule has 2 aromatic heterocycles. The van der Waals surface area contributed by atoms with Crippen LogP contribution in [0, 0.1) is 0 Å². The van der Waals surface area contributed by atoms with Gasteiger partial charge in [0, 0.05) is 48.1 Å². The third kappa shape index (κ3) is 2.08. The predicted octanol–water partition coefficient (Wildman–Crippen LogP) is 3.71. The van der Waals surface area contributed by atoms with Gasteiger partial charge in [-0.2, -0.15) is 0 Å². The molecule has 0 aliphatic carbocycles. The summed E-state index contributed by atoms with van der Waals surface area (Å²) in [6.45, 7) is 0.821. The first-order valence-electron chi connectivity index (χ1n) is 8.11. The molecule has 4 nitrogen and oxygen atoms in total. The van der Waals surface area contributed by atoms with Crippen molar-refractivity contribution in [2.24, 2.45) is 0 Å². The van der Waals surface area contributed by atoms with Crippen LogP contribution < -0.4 is 4.90 Å². The predicted molar refractivity (Wildman–Crippen MR) is 95.2 cm³/mol. The SMILES string of the molecule is O=C1CCc2cc(-c3cncc(-c4nccs4)c3)cc3c2N1CC3. The third-order valence-corrected chi connectivity index (χ3v) is 5.62. The lowest BCUT2D eigenvalue weighted by Gasteiger charge is -2.25. The van der Waals surface area contributed by atoms with Crippen LogP contribution in [0.4, 0.5) is 5.69 Å². The molecule has 118 valence electrons. The molecule has 0 unspecified atom stereocenters. The fraction of sp³-hybridized carbons (Fsp3) is 0.211.